The Kier molecular flexibility index (Phi) is 5.28. The molecule has 27 heavy (non-hydrogen) atoms. The monoisotopic (exact) mass is 389 g/mol. The first-order chi connectivity index (χ1) is 12.8. The third kappa shape index (κ3) is 3.45. The minimum absolute atomic E-state index is 0.269. The minimum Gasteiger partial charge on any atom is -0.290 e. The average molecular weight is 390 g/mol. The first kappa shape index (κ1) is 19.4. The molecule has 0 aliphatic heterocycles. The molecule has 2 unspecified atom stereocenters. The van der Waals surface area contributed by atoms with Crippen LogP contribution in [0.25, 0.3) is 16.9 Å². The van der Waals surface area contributed by atoms with Crippen LogP contribution in [0.5, 0.6) is 0 Å². The molecule has 8 heteroatoms. The van der Waals surface area contributed by atoms with E-state index in [2.05, 4.69) is 33.9 Å². The number of hydrogen-bond donors (Lipinski definition) is 2. The summed E-state index contributed by atoms with van der Waals surface area (Å²) < 4.78 is 29.8. The Bertz CT molecular complexity index is 1050. The fourth-order valence-electron chi connectivity index (χ4n) is 2.98. The second-order valence-corrected chi connectivity index (χ2v) is 9.15. The zero-order chi connectivity index (χ0) is 19.8. The molecule has 1 aromatic carbocycles. The first-order valence-corrected chi connectivity index (χ1v) is 10.9. The van der Waals surface area contributed by atoms with Crippen molar-refractivity contribution in [2.45, 2.75) is 58.6 Å². The smallest absolute Gasteiger partial charge is 0.235 e. The zero-order valence-corrected chi connectivity index (χ0v) is 17.3. The molecule has 2 aromatic heterocycles. The number of rotatable bonds is 7. The molecule has 0 aliphatic carbocycles. The van der Waals surface area contributed by atoms with E-state index in [4.69, 9.17) is 0 Å². The lowest BCUT2D eigenvalue weighted by Gasteiger charge is -2.15. The molecule has 146 valence electrons. The number of benzene rings is 1. The van der Waals surface area contributed by atoms with E-state index in [9.17, 15) is 8.42 Å². The average Bonchev–Trinajstić information content (AvgIpc) is 3.21. The van der Waals surface area contributed by atoms with Crippen LogP contribution in [-0.2, 0) is 10.0 Å². The van der Waals surface area contributed by atoms with E-state index in [1.165, 1.54) is 0 Å². The Hall–Kier alpha value is -2.35. The van der Waals surface area contributed by atoms with Crippen molar-refractivity contribution in [1.29, 1.82) is 0 Å². The Balaban J connectivity index is 2.10. The molecule has 0 saturated carbocycles. The highest BCUT2D eigenvalue weighted by atomic mass is 32.2. The Morgan fingerprint density at radius 1 is 1.15 bits per heavy atom. The molecule has 0 amide bonds. The molecule has 0 fully saturated rings. The molecular weight excluding hydrogens is 362 g/mol. The van der Waals surface area contributed by atoms with Gasteiger partial charge in [0.15, 0.2) is 11.5 Å². The van der Waals surface area contributed by atoms with Crippen LogP contribution in [0.2, 0.25) is 0 Å². The highest BCUT2D eigenvalue weighted by molar-refractivity contribution is 7.93. The number of para-hydroxylation sites is 1. The molecule has 0 spiro atoms. The fourth-order valence-corrected chi connectivity index (χ4v) is 4.11. The highest BCUT2D eigenvalue weighted by Crippen LogP contribution is 2.33. The molecule has 3 rings (SSSR count). The number of anilines is 1. The summed E-state index contributed by atoms with van der Waals surface area (Å²) in [5.41, 5.74) is 3.89. The van der Waals surface area contributed by atoms with E-state index in [0.717, 1.165) is 34.7 Å². The molecule has 3 aromatic rings. The first-order valence-electron chi connectivity index (χ1n) is 9.34. The van der Waals surface area contributed by atoms with Crippen molar-refractivity contribution in [3.8, 4) is 11.3 Å². The third-order valence-electron chi connectivity index (χ3n) is 5.23. The lowest BCUT2D eigenvalue weighted by atomic mass is 10.1. The van der Waals surface area contributed by atoms with E-state index < -0.39 is 15.3 Å². The summed E-state index contributed by atoms with van der Waals surface area (Å²) in [6.45, 7) is 9.77. The second-order valence-electron chi connectivity index (χ2n) is 7.05. The van der Waals surface area contributed by atoms with Crippen LogP contribution >= 0.6 is 0 Å². The summed E-state index contributed by atoms with van der Waals surface area (Å²) in [6, 6.07) is 7.41. The van der Waals surface area contributed by atoms with Crippen LogP contribution in [0.15, 0.2) is 24.3 Å². The topological polar surface area (TPSA) is 92.2 Å². The summed E-state index contributed by atoms with van der Waals surface area (Å²) in [4.78, 5) is 0. The summed E-state index contributed by atoms with van der Waals surface area (Å²) in [5, 5.41) is 11.5. The van der Waals surface area contributed by atoms with Crippen molar-refractivity contribution in [1.82, 2.24) is 19.8 Å². The number of nitrogens with one attached hydrogen (secondary N) is 2. The van der Waals surface area contributed by atoms with Gasteiger partial charge in [0.25, 0.3) is 0 Å². The van der Waals surface area contributed by atoms with Gasteiger partial charge in [-0.2, -0.15) is 0 Å². The van der Waals surface area contributed by atoms with Crippen LogP contribution in [-0.4, -0.2) is 33.5 Å². The molecule has 0 saturated heterocycles. The van der Waals surface area contributed by atoms with Crippen molar-refractivity contribution in [3.05, 3.63) is 35.7 Å². The Labute approximate surface area is 160 Å². The predicted molar refractivity (Wildman–Crippen MR) is 109 cm³/mol. The fraction of sp³-hybridized carbons (Fsp3) is 0.474. The largest absolute Gasteiger partial charge is 0.290 e. The summed E-state index contributed by atoms with van der Waals surface area (Å²) in [6.07, 6.45) is 1.51. The maximum Gasteiger partial charge on any atom is 0.235 e. The molecule has 2 N–H and O–H groups in total. The normalized spacial score (nSPS) is 14.4. The van der Waals surface area contributed by atoms with E-state index >= 15 is 0 Å². The molecule has 0 bridgehead atoms. The van der Waals surface area contributed by atoms with Crippen LogP contribution in [0.3, 0.4) is 0 Å². The maximum absolute atomic E-state index is 12.6. The van der Waals surface area contributed by atoms with Gasteiger partial charge in [0, 0.05) is 17.0 Å². The van der Waals surface area contributed by atoms with Crippen LogP contribution in [0.4, 0.5) is 5.69 Å². The Morgan fingerprint density at radius 2 is 1.85 bits per heavy atom. The lowest BCUT2D eigenvalue weighted by molar-refractivity contribution is 0.586. The number of aromatic nitrogens is 4. The van der Waals surface area contributed by atoms with E-state index in [0.29, 0.717) is 12.1 Å². The van der Waals surface area contributed by atoms with Gasteiger partial charge in [0.05, 0.1) is 16.6 Å². The molecule has 0 aliphatic rings. The molecule has 0 radical (unpaired) electrons. The van der Waals surface area contributed by atoms with Gasteiger partial charge in [-0.05, 0) is 32.8 Å². The number of aromatic amines is 1. The van der Waals surface area contributed by atoms with Gasteiger partial charge < -0.3 is 0 Å². The van der Waals surface area contributed by atoms with E-state index in [1.54, 1.807) is 13.0 Å². The lowest BCUT2D eigenvalue weighted by Crippen LogP contribution is -2.24. The van der Waals surface area contributed by atoms with Crippen molar-refractivity contribution < 1.29 is 8.42 Å². The van der Waals surface area contributed by atoms with Gasteiger partial charge in [-0.1, -0.05) is 39.0 Å². The van der Waals surface area contributed by atoms with Crippen molar-refractivity contribution in [2.24, 2.45) is 0 Å². The molecule has 7 nitrogen and oxygen atoms in total. The van der Waals surface area contributed by atoms with Gasteiger partial charge in [-0.15, -0.1) is 10.2 Å². The summed E-state index contributed by atoms with van der Waals surface area (Å²) >= 11 is 0. The van der Waals surface area contributed by atoms with Gasteiger partial charge in [-0.25, -0.2) is 12.9 Å². The van der Waals surface area contributed by atoms with Crippen LogP contribution < -0.4 is 4.72 Å². The quantitative estimate of drug-likeness (QED) is 0.637. The van der Waals surface area contributed by atoms with E-state index in [1.807, 2.05) is 36.6 Å². The predicted octanol–water partition coefficient (Wildman–Crippen LogP) is 4.09. The summed E-state index contributed by atoms with van der Waals surface area (Å²) in [7, 11) is -3.45. The molecule has 2 heterocycles. The SMILES string of the molecule is CCC(C)c1nnc2c(C)c(-c3ccccc3NS(=O)(=O)C(C)CC)[nH]n12. The van der Waals surface area contributed by atoms with Crippen molar-refractivity contribution in [3.63, 3.8) is 0 Å². The minimum atomic E-state index is -3.45. The number of H-pyrrole nitrogens is 1. The number of aryl methyl sites for hydroxylation is 1. The van der Waals surface area contributed by atoms with Crippen molar-refractivity contribution in [2.75, 3.05) is 4.72 Å². The van der Waals surface area contributed by atoms with Crippen molar-refractivity contribution >= 4 is 21.4 Å². The van der Waals surface area contributed by atoms with Gasteiger partial charge in [-0.3, -0.25) is 9.82 Å². The van der Waals surface area contributed by atoms with Gasteiger partial charge >= 0.3 is 0 Å². The maximum atomic E-state index is 12.6. The standard InChI is InChI=1S/C19H27N5O2S/c1-6-12(3)18-20-21-19-14(5)17(22-24(18)19)15-10-8-9-11-16(15)23-27(25,26)13(4)7-2/h8-13,22-23H,6-7H2,1-5H3. The van der Waals surface area contributed by atoms with Gasteiger partial charge in [0.1, 0.15) is 0 Å². The van der Waals surface area contributed by atoms with E-state index in [-0.39, 0.29) is 5.92 Å². The van der Waals surface area contributed by atoms with Crippen LogP contribution in [0, 0.1) is 6.92 Å². The Morgan fingerprint density at radius 3 is 2.52 bits per heavy atom. The second kappa shape index (κ2) is 7.34. The third-order valence-corrected chi connectivity index (χ3v) is 7.13. The number of hydrogen-bond acceptors (Lipinski definition) is 4. The number of fused-ring (bicyclic) bond motifs is 1. The van der Waals surface area contributed by atoms with Crippen LogP contribution in [0.1, 0.15) is 57.8 Å². The highest BCUT2D eigenvalue weighted by Gasteiger charge is 2.23. The summed E-state index contributed by atoms with van der Waals surface area (Å²) in [5.74, 6) is 1.14. The van der Waals surface area contributed by atoms with Gasteiger partial charge in [0.2, 0.25) is 10.0 Å². The number of nitrogens with zero attached hydrogens (tertiary/aromatic N) is 3. The molecular formula is C19H27N5O2S. The molecule has 2 atom stereocenters. The zero-order valence-electron chi connectivity index (χ0n) is 16.4. The number of sulfonamides is 1.